The molecule has 0 bridgehead atoms. The van der Waals surface area contributed by atoms with E-state index in [1.165, 1.54) is 28.2 Å². The van der Waals surface area contributed by atoms with Gasteiger partial charge >= 0.3 is 0 Å². The van der Waals surface area contributed by atoms with Crippen LogP contribution in [0.15, 0.2) is 47.4 Å². The Morgan fingerprint density at radius 2 is 2.00 bits per heavy atom. The first kappa shape index (κ1) is 21.1. The third kappa shape index (κ3) is 4.28. The molecule has 1 N–H and O–H groups in total. The summed E-state index contributed by atoms with van der Waals surface area (Å²) < 4.78 is 8.04. The zero-order valence-corrected chi connectivity index (χ0v) is 18.9. The number of rotatable bonds is 6. The monoisotopic (exact) mass is 445 g/mol. The van der Waals surface area contributed by atoms with Gasteiger partial charge in [0.05, 0.1) is 24.0 Å². The van der Waals surface area contributed by atoms with Crippen molar-refractivity contribution < 1.29 is 9.53 Å². The van der Waals surface area contributed by atoms with Crippen LogP contribution in [0, 0.1) is 11.3 Å². The number of hydrogen-bond donors (Lipinski definition) is 1. The number of hydrogen-bond acceptors (Lipinski definition) is 4. The van der Waals surface area contributed by atoms with Crippen LogP contribution in [0.1, 0.15) is 42.5 Å². The number of benzene rings is 2. The van der Waals surface area contributed by atoms with Crippen LogP contribution in [0.5, 0.6) is 0 Å². The Hall–Kier alpha value is -2.75. The molecule has 32 heavy (non-hydrogen) atoms. The number of anilines is 1. The van der Waals surface area contributed by atoms with Crippen LogP contribution in [0.25, 0.3) is 10.8 Å². The van der Waals surface area contributed by atoms with Gasteiger partial charge in [-0.15, -0.1) is 11.8 Å². The lowest BCUT2D eigenvalue weighted by Crippen LogP contribution is -2.23. The molecule has 2 aromatic carbocycles. The summed E-state index contributed by atoms with van der Waals surface area (Å²) in [5.41, 5.74) is 2.97. The summed E-state index contributed by atoms with van der Waals surface area (Å²) in [6, 6.07) is 16.9. The van der Waals surface area contributed by atoms with Gasteiger partial charge < -0.3 is 14.6 Å². The smallest absolute Gasteiger partial charge is 0.235 e. The second-order valence-corrected chi connectivity index (χ2v) is 9.61. The molecule has 1 aliphatic carbocycles. The van der Waals surface area contributed by atoms with E-state index in [0.29, 0.717) is 23.7 Å². The van der Waals surface area contributed by atoms with Gasteiger partial charge in [-0.05, 0) is 67.0 Å². The average molecular weight is 446 g/mol. The fraction of sp³-hybridized carbons (Fsp3) is 0.385. The quantitative estimate of drug-likeness (QED) is 0.523. The normalized spacial score (nSPS) is 17.8. The number of amides is 1. The Kier molecular flexibility index (Phi) is 6.20. The number of nitrogens with one attached hydrogen (secondary N) is 1. The number of fused-ring (bicyclic) bond motifs is 2. The standard InChI is InChI=1S/C26H27N3O2S/c27-15-23-22-9-3-4-10-24(22)29(16-20-8-5-13-31-20)26(23)28-25(30)17-32-21-12-11-18-6-1-2-7-19(18)14-21/h1-2,6-7,11-12,14,20H,3-5,8-10,13,16-17H2,(H,28,30). The summed E-state index contributed by atoms with van der Waals surface area (Å²) in [4.78, 5) is 14.0. The van der Waals surface area contributed by atoms with Crippen LogP contribution in [-0.4, -0.2) is 28.9 Å². The Morgan fingerprint density at radius 3 is 2.81 bits per heavy atom. The molecule has 5 nitrogen and oxygen atoms in total. The minimum Gasteiger partial charge on any atom is -0.376 e. The molecule has 2 heterocycles. The molecule has 2 aliphatic rings. The fourth-order valence-electron chi connectivity index (χ4n) is 4.89. The largest absolute Gasteiger partial charge is 0.376 e. The zero-order chi connectivity index (χ0) is 21.9. The van der Waals surface area contributed by atoms with Crippen LogP contribution >= 0.6 is 11.8 Å². The second kappa shape index (κ2) is 9.40. The first-order valence-electron chi connectivity index (χ1n) is 11.4. The molecule has 5 rings (SSSR count). The van der Waals surface area contributed by atoms with Crippen LogP contribution in [0.2, 0.25) is 0 Å². The molecule has 1 amide bonds. The van der Waals surface area contributed by atoms with Crippen molar-refractivity contribution >= 4 is 34.3 Å². The van der Waals surface area contributed by atoms with Crippen molar-refractivity contribution in [2.45, 2.75) is 56.1 Å². The molecular weight excluding hydrogens is 418 g/mol. The first-order chi connectivity index (χ1) is 15.7. The average Bonchev–Trinajstić information content (AvgIpc) is 3.44. The molecule has 1 atom stereocenters. The second-order valence-electron chi connectivity index (χ2n) is 8.56. The van der Waals surface area contributed by atoms with Gasteiger partial charge in [0.25, 0.3) is 0 Å². The molecule has 0 saturated carbocycles. The lowest BCUT2D eigenvalue weighted by molar-refractivity contribution is -0.113. The van der Waals surface area contributed by atoms with Crippen molar-refractivity contribution in [2.24, 2.45) is 0 Å². The number of nitrogens with zero attached hydrogens (tertiary/aromatic N) is 2. The van der Waals surface area contributed by atoms with E-state index in [0.717, 1.165) is 55.6 Å². The van der Waals surface area contributed by atoms with Crippen molar-refractivity contribution in [2.75, 3.05) is 17.7 Å². The van der Waals surface area contributed by atoms with Gasteiger partial charge in [0.1, 0.15) is 11.9 Å². The van der Waals surface area contributed by atoms with E-state index in [4.69, 9.17) is 4.74 Å². The van der Waals surface area contributed by atoms with Crippen molar-refractivity contribution in [3.8, 4) is 6.07 Å². The predicted molar refractivity (Wildman–Crippen MR) is 128 cm³/mol. The number of carbonyl (C=O) groups is 1. The maximum Gasteiger partial charge on any atom is 0.235 e. The van der Waals surface area contributed by atoms with Gasteiger partial charge in [0.2, 0.25) is 5.91 Å². The molecule has 1 saturated heterocycles. The number of nitriles is 1. The molecule has 3 aromatic rings. The van der Waals surface area contributed by atoms with Crippen LogP contribution in [0.4, 0.5) is 5.82 Å². The SMILES string of the molecule is N#Cc1c2c(n(CC3CCCO3)c1NC(=O)CSc1ccc3ccccc3c1)CCCC2. The van der Waals surface area contributed by atoms with E-state index in [1.54, 1.807) is 0 Å². The lowest BCUT2D eigenvalue weighted by atomic mass is 9.95. The fourth-order valence-corrected chi connectivity index (χ4v) is 5.63. The third-order valence-electron chi connectivity index (χ3n) is 6.44. The molecule has 1 aromatic heterocycles. The highest BCUT2D eigenvalue weighted by molar-refractivity contribution is 8.00. The number of aromatic nitrogens is 1. The third-order valence-corrected chi connectivity index (χ3v) is 7.44. The van der Waals surface area contributed by atoms with Gasteiger partial charge in [0, 0.05) is 17.2 Å². The number of carbonyl (C=O) groups excluding carboxylic acids is 1. The van der Waals surface area contributed by atoms with Gasteiger partial charge in [-0.3, -0.25) is 4.79 Å². The maximum atomic E-state index is 12.9. The summed E-state index contributed by atoms with van der Waals surface area (Å²) >= 11 is 1.52. The molecule has 1 fully saturated rings. The molecular formula is C26H27N3O2S. The van der Waals surface area contributed by atoms with E-state index in [1.807, 2.05) is 12.1 Å². The molecule has 0 radical (unpaired) electrons. The highest BCUT2D eigenvalue weighted by atomic mass is 32.2. The van der Waals surface area contributed by atoms with Gasteiger partial charge in [-0.1, -0.05) is 30.3 Å². The molecule has 1 unspecified atom stereocenters. The Bertz CT molecular complexity index is 1190. The van der Waals surface area contributed by atoms with Gasteiger partial charge in [0.15, 0.2) is 0 Å². The molecule has 0 spiro atoms. The summed E-state index contributed by atoms with van der Waals surface area (Å²) in [6.45, 7) is 1.50. The summed E-state index contributed by atoms with van der Waals surface area (Å²) in [7, 11) is 0. The number of thioether (sulfide) groups is 1. The van der Waals surface area contributed by atoms with Crippen LogP contribution in [-0.2, 0) is 28.9 Å². The maximum absolute atomic E-state index is 12.9. The van der Waals surface area contributed by atoms with E-state index >= 15 is 0 Å². The van der Waals surface area contributed by atoms with Crippen LogP contribution in [0.3, 0.4) is 0 Å². The zero-order valence-electron chi connectivity index (χ0n) is 18.1. The molecule has 164 valence electrons. The molecule has 6 heteroatoms. The van der Waals surface area contributed by atoms with E-state index in [-0.39, 0.29) is 12.0 Å². The predicted octanol–water partition coefficient (Wildman–Crippen LogP) is 5.30. The Balaban J connectivity index is 1.35. The highest BCUT2D eigenvalue weighted by Gasteiger charge is 2.28. The summed E-state index contributed by atoms with van der Waals surface area (Å²) in [6.07, 6.45) is 6.34. The van der Waals surface area contributed by atoms with Crippen LogP contribution < -0.4 is 5.32 Å². The molecule has 1 aliphatic heterocycles. The van der Waals surface area contributed by atoms with Gasteiger partial charge in [-0.25, -0.2) is 0 Å². The van der Waals surface area contributed by atoms with E-state index in [2.05, 4.69) is 46.3 Å². The van der Waals surface area contributed by atoms with Gasteiger partial charge in [-0.2, -0.15) is 5.26 Å². The van der Waals surface area contributed by atoms with Crippen molar-refractivity contribution in [1.82, 2.24) is 4.57 Å². The summed E-state index contributed by atoms with van der Waals surface area (Å²) in [5, 5.41) is 15.4. The van der Waals surface area contributed by atoms with E-state index < -0.39 is 0 Å². The first-order valence-corrected chi connectivity index (χ1v) is 12.4. The Labute approximate surface area is 192 Å². The highest BCUT2D eigenvalue weighted by Crippen LogP contribution is 2.34. The topological polar surface area (TPSA) is 67.1 Å². The summed E-state index contributed by atoms with van der Waals surface area (Å²) in [5.74, 6) is 0.890. The number of ether oxygens (including phenoxy) is 1. The van der Waals surface area contributed by atoms with Crippen molar-refractivity contribution in [3.63, 3.8) is 0 Å². The van der Waals surface area contributed by atoms with Crippen molar-refractivity contribution in [3.05, 3.63) is 59.3 Å². The minimum atomic E-state index is -0.0805. The van der Waals surface area contributed by atoms with Crippen molar-refractivity contribution in [1.29, 1.82) is 5.26 Å². The van der Waals surface area contributed by atoms with E-state index in [9.17, 15) is 10.1 Å². The Morgan fingerprint density at radius 1 is 1.16 bits per heavy atom. The lowest BCUT2D eigenvalue weighted by Gasteiger charge is -2.19. The minimum absolute atomic E-state index is 0.0805.